The maximum absolute atomic E-state index is 12.9. The molecule has 0 aliphatic rings. The van der Waals surface area contributed by atoms with Crippen LogP contribution in [0.25, 0.3) is 0 Å². The highest BCUT2D eigenvalue weighted by Crippen LogP contribution is 2.37. The lowest BCUT2D eigenvalue weighted by atomic mass is 9.90. The zero-order valence-electron chi connectivity index (χ0n) is 14.6. The molecule has 1 rings (SSSR count). The molecule has 0 radical (unpaired) electrons. The summed E-state index contributed by atoms with van der Waals surface area (Å²) in [6.45, 7) is 2.40. The zero-order chi connectivity index (χ0) is 22.0. The van der Waals surface area contributed by atoms with E-state index < -0.39 is 61.8 Å². The molecule has 5 nitrogen and oxygen atoms in total. The molecule has 0 N–H and O–H groups in total. The number of sulfone groups is 1. The highest BCUT2D eigenvalue weighted by atomic mass is 32.2. The van der Waals surface area contributed by atoms with Gasteiger partial charge in [0, 0.05) is 0 Å². The predicted octanol–water partition coefficient (Wildman–Crippen LogP) is 3.98. The van der Waals surface area contributed by atoms with Crippen LogP contribution in [0.1, 0.15) is 31.4 Å². The van der Waals surface area contributed by atoms with E-state index in [2.05, 4.69) is 4.74 Å². The van der Waals surface area contributed by atoms with Crippen LogP contribution in [-0.4, -0.2) is 26.7 Å². The van der Waals surface area contributed by atoms with Gasteiger partial charge in [0.05, 0.1) is 34.5 Å². The molecule has 1 aromatic rings. The third-order valence-corrected chi connectivity index (χ3v) is 5.46. The Morgan fingerprint density at radius 2 is 1.54 bits per heavy atom. The molecule has 0 saturated carbocycles. The number of alkyl halides is 6. The number of rotatable bonds is 6. The summed E-state index contributed by atoms with van der Waals surface area (Å²) >= 11 is 0. The molecule has 28 heavy (non-hydrogen) atoms. The van der Waals surface area contributed by atoms with E-state index in [1.807, 2.05) is 0 Å². The fraction of sp³-hybridized carbons (Fsp3) is 0.500. The van der Waals surface area contributed by atoms with Gasteiger partial charge in [-0.1, -0.05) is 0 Å². The van der Waals surface area contributed by atoms with Gasteiger partial charge in [-0.2, -0.15) is 31.6 Å². The summed E-state index contributed by atoms with van der Waals surface area (Å²) in [5.41, 5.74) is -5.50. The van der Waals surface area contributed by atoms with Gasteiger partial charge in [0.1, 0.15) is 0 Å². The molecule has 0 aliphatic carbocycles. The Hall–Kier alpha value is -2.29. The second kappa shape index (κ2) is 7.98. The van der Waals surface area contributed by atoms with E-state index in [9.17, 15) is 39.6 Å². The number of esters is 1. The molecule has 156 valence electrons. The van der Waals surface area contributed by atoms with Crippen molar-refractivity contribution in [3.63, 3.8) is 0 Å². The third-order valence-electron chi connectivity index (χ3n) is 3.76. The molecule has 0 unspecified atom stereocenters. The lowest BCUT2D eigenvalue weighted by Gasteiger charge is -2.19. The van der Waals surface area contributed by atoms with E-state index in [1.165, 1.54) is 6.92 Å². The van der Waals surface area contributed by atoms with Gasteiger partial charge in [-0.15, -0.1) is 0 Å². The summed E-state index contributed by atoms with van der Waals surface area (Å²) in [5, 5.41) is 9.11. The second-order valence-electron chi connectivity index (χ2n) is 5.97. The number of benzene rings is 1. The summed E-state index contributed by atoms with van der Waals surface area (Å²) in [5.74, 6) is -2.08. The average Bonchev–Trinajstić information content (AvgIpc) is 2.58. The summed E-state index contributed by atoms with van der Waals surface area (Å²) in [6, 6.07) is 1.53. The molecule has 0 amide bonds. The minimum Gasteiger partial charge on any atom is -0.465 e. The van der Waals surface area contributed by atoms with Crippen molar-refractivity contribution in [1.29, 1.82) is 5.26 Å². The molecule has 0 bridgehead atoms. The number of carbonyl (C=O) groups is 1. The predicted molar refractivity (Wildman–Crippen MR) is 83.5 cm³/mol. The number of carbonyl (C=O) groups excluding carboxylic acids is 1. The molecular weight excluding hydrogens is 416 g/mol. The van der Waals surface area contributed by atoms with Crippen LogP contribution in [-0.2, 0) is 31.7 Å². The van der Waals surface area contributed by atoms with Gasteiger partial charge in [0.15, 0.2) is 15.3 Å². The summed E-state index contributed by atoms with van der Waals surface area (Å²) < 4.78 is 107. The van der Waals surface area contributed by atoms with Gasteiger partial charge in [-0.05, 0) is 38.5 Å². The van der Waals surface area contributed by atoms with Gasteiger partial charge in [0.25, 0.3) is 0 Å². The molecule has 0 saturated heterocycles. The first-order valence-corrected chi connectivity index (χ1v) is 9.33. The first-order valence-electron chi connectivity index (χ1n) is 7.67. The van der Waals surface area contributed by atoms with E-state index in [0.717, 1.165) is 6.92 Å². The maximum atomic E-state index is 12.9. The molecule has 0 heterocycles. The van der Waals surface area contributed by atoms with Crippen LogP contribution in [0.5, 0.6) is 0 Å². The fourth-order valence-electron chi connectivity index (χ4n) is 2.06. The smallest absolute Gasteiger partial charge is 0.416 e. The lowest BCUT2D eigenvalue weighted by molar-refractivity contribution is -0.151. The minimum atomic E-state index is -5.21. The summed E-state index contributed by atoms with van der Waals surface area (Å²) in [6.07, 6.45) is -11.1. The van der Waals surface area contributed by atoms with Crippen LogP contribution < -0.4 is 0 Å². The Balaban J connectivity index is 3.34. The number of ether oxygens (including phenoxy) is 1. The largest absolute Gasteiger partial charge is 0.465 e. The Labute approximate surface area is 156 Å². The van der Waals surface area contributed by atoms with E-state index >= 15 is 0 Å². The first kappa shape index (κ1) is 23.7. The van der Waals surface area contributed by atoms with E-state index in [-0.39, 0.29) is 24.8 Å². The lowest BCUT2D eigenvalue weighted by Crippen LogP contribution is -2.31. The zero-order valence-corrected chi connectivity index (χ0v) is 15.4. The van der Waals surface area contributed by atoms with Crippen LogP contribution in [0.4, 0.5) is 26.3 Å². The SMILES string of the molecule is CCOC(=O)[C@](C)(C#N)CCS(=O)(=O)c1cc(C(F)(F)F)cc(C(F)(F)F)c1. The number of hydrogen-bond acceptors (Lipinski definition) is 5. The van der Waals surface area contributed by atoms with Gasteiger partial charge in [-0.25, -0.2) is 8.42 Å². The van der Waals surface area contributed by atoms with Gasteiger partial charge < -0.3 is 4.74 Å². The molecule has 1 atom stereocenters. The summed E-state index contributed by atoms with van der Waals surface area (Å²) in [7, 11) is -4.68. The van der Waals surface area contributed by atoms with Crippen LogP contribution in [0.3, 0.4) is 0 Å². The van der Waals surface area contributed by atoms with Crippen molar-refractivity contribution in [3.8, 4) is 6.07 Å². The molecule has 1 aromatic carbocycles. The normalized spacial score (nSPS) is 14.8. The molecule has 0 aliphatic heterocycles. The van der Waals surface area contributed by atoms with Gasteiger partial charge in [-0.3, -0.25) is 4.79 Å². The van der Waals surface area contributed by atoms with Crippen molar-refractivity contribution in [2.45, 2.75) is 37.5 Å². The number of hydrogen-bond donors (Lipinski definition) is 0. The minimum absolute atomic E-state index is 0.0820. The first-order chi connectivity index (χ1) is 12.6. The van der Waals surface area contributed by atoms with Crippen molar-refractivity contribution < 1.29 is 44.3 Å². The monoisotopic (exact) mass is 431 g/mol. The molecule has 12 heteroatoms. The average molecular weight is 431 g/mol. The molecule has 0 spiro atoms. The van der Waals surface area contributed by atoms with Gasteiger partial charge >= 0.3 is 18.3 Å². The standard InChI is InChI=1S/C16H15F6NO4S/c1-3-27-13(24)14(2,9-23)4-5-28(25,26)12-7-10(15(17,18)19)6-11(8-12)16(20,21)22/h6-8H,3-5H2,1-2H3/t14-/m0/s1. The van der Waals surface area contributed by atoms with Crippen molar-refractivity contribution in [2.75, 3.05) is 12.4 Å². The Bertz CT molecular complexity index is 854. The molecular formula is C16H15F6NO4S. The Kier molecular flexibility index (Phi) is 6.77. The molecule has 0 fully saturated rings. The van der Waals surface area contributed by atoms with E-state index in [1.54, 1.807) is 6.07 Å². The van der Waals surface area contributed by atoms with Crippen LogP contribution in [0.15, 0.2) is 23.1 Å². The Morgan fingerprint density at radius 3 is 1.89 bits per heavy atom. The quantitative estimate of drug-likeness (QED) is 0.503. The van der Waals surface area contributed by atoms with Crippen LogP contribution in [0, 0.1) is 16.7 Å². The van der Waals surface area contributed by atoms with Crippen LogP contribution >= 0.6 is 0 Å². The second-order valence-corrected chi connectivity index (χ2v) is 8.08. The molecule has 0 aromatic heterocycles. The number of nitrogens with zero attached hydrogens (tertiary/aromatic N) is 1. The van der Waals surface area contributed by atoms with Gasteiger partial charge in [0.2, 0.25) is 0 Å². The summed E-state index contributed by atoms with van der Waals surface area (Å²) in [4.78, 5) is 10.6. The van der Waals surface area contributed by atoms with Crippen molar-refractivity contribution >= 4 is 15.8 Å². The topological polar surface area (TPSA) is 84.2 Å². The number of nitriles is 1. The highest BCUT2D eigenvalue weighted by Gasteiger charge is 2.40. The fourth-order valence-corrected chi connectivity index (χ4v) is 3.58. The van der Waals surface area contributed by atoms with E-state index in [0.29, 0.717) is 0 Å². The van der Waals surface area contributed by atoms with Crippen molar-refractivity contribution in [2.24, 2.45) is 5.41 Å². The Morgan fingerprint density at radius 1 is 1.07 bits per heavy atom. The van der Waals surface area contributed by atoms with E-state index in [4.69, 9.17) is 5.26 Å². The maximum Gasteiger partial charge on any atom is 0.416 e. The number of halogens is 6. The third kappa shape index (κ3) is 5.60. The van der Waals surface area contributed by atoms with Crippen molar-refractivity contribution in [1.82, 2.24) is 0 Å². The van der Waals surface area contributed by atoms with Crippen molar-refractivity contribution in [3.05, 3.63) is 29.3 Å². The highest BCUT2D eigenvalue weighted by molar-refractivity contribution is 7.91. The van der Waals surface area contributed by atoms with Crippen LogP contribution in [0.2, 0.25) is 0 Å².